The highest BCUT2D eigenvalue weighted by molar-refractivity contribution is 7.89. The van der Waals surface area contributed by atoms with E-state index in [0.29, 0.717) is 6.07 Å². The number of sulfonamides is 1. The second-order valence-corrected chi connectivity index (χ2v) is 7.03. The maximum atomic E-state index is 13.7. The molecule has 3 amide bonds. The van der Waals surface area contributed by atoms with E-state index in [2.05, 4.69) is 5.32 Å². The lowest BCUT2D eigenvalue weighted by molar-refractivity contribution is -0.127. The van der Waals surface area contributed by atoms with Crippen LogP contribution < -0.4 is 15.8 Å². The number of hydrogen-bond donors (Lipinski definition) is 3. The number of amides is 3. The molecule has 0 unspecified atom stereocenters. The normalized spacial score (nSPS) is 15.2. The van der Waals surface area contributed by atoms with Crippen LogP contribution in [0.1, 0.15) is 30.1 Å². The minimum atomic E-state index is -4.15. The van der Waals surface area contributed by atoms with Gasteiger partial charge >= 0.3 is 12.0 Å². The van der Waals surface area contributed by atoms with Gasteiger partial charge in [0, 0.05) is 6.04 Å². The highest BCUT2D eigenvalue weighted by atomic mass is 32.2. The third kappa shape index (κ3) is 5.22. The van der Waals surface area contributed by atoms with Crippen molar-refractivity contribution in [3.05, 3.63) is 29.6 Å². The number of nitrogens with two attached hydrogens (primary N) is 1. The van der Waals surface area contributed by atoms with E-state index in [-0.39, 0.29) is 6.04 Å². The minimum Gasteiger partial charge on any atom is -0.449 e. The third-order valence-electron chi connectivity index (χ3n) is 3.29. The van der Waals surface area contributed by atoms with Gasteiger partial charge in [0.25, 0.3) is 5.91 Å². The first-order valence-corrected chi connectivity index (χ1v) is 8.77. The highest BCUT2D eigenvalue weighted by Crippen LogP contribution is 2.18. The number of esters is 1. The number of imide groups is 1. The number of benzene rings is 1. The second-order valence-electron chi connectivity index (χ2n) is 5.47. The van der Waals surface area contributed by atoms with Crippen LogP contribution in [0, 0.1) is 5.82 Å². The monoisotopic (exact) mass is 373 g/mol. The van der Waals surface area contributed by atoms with E-state index in [0.717, 1.165) is 25.0 Å². The fraction of sp³-hybridized carbons (Fsp3) is 0.357. The Bertz CT molecular complexity index is 822. The van der Waals surface area contributed by atoms with Crippen molar-refractivity contribution in [2.45, 2.75) is 36.8 Å². The van der Waals surface area contributed by atoms with E-state index in [1.165, 1.54) is 6.92 Å². The molecule has 0 bridgehead atoms. The molecule has 25 heavy (non-hydrogen) atoms. The maximum Gasteiger partial charge on any atom is 0.341 e. The number of urea groups is 1. The number of primary sulfonamides is 1. The summed E-state index contributed by atoms with van der Waals surface area (Å²) in [4.78, 5) is 34.7. The molecule has 0 saturated heterocycles. The van der Waals surface area contributed by atoms with Crippen LogP contribution in [0.15, 0.2) is 23.1 Å². The van der Waals surface area contributed by atoms with Crippen LogP contribution in [-0.4, -0.2) is 38.5 Å². The van der Waals surface area contributed by atoms with Crippen LogP contribution >= 0.6 is 0 Å². The summed E-state index contributed by atoms with van der Waals surface area (Å²) < 4.78 is 41.0. The number of nitrogens with one attached hydrogen (secondary N) is 2. The molecule has 1 aromatic carbocycles. The minimum absolute atomic E-state index is 0.0284. The predicted molar refractivity (Wildman–Crippen MR) is 82.3 cm³/mol. The van der Waals surface area contributed by atoms with Gasteiger partial charge in [-0.25, -0.2) is 27.5 Å². The highest BCUT2D eigenvalue weighted by Gasteiger charge is 2.27. The van der Waals surface area contributed by atoms with Gasteiger partial charge in [-0.1, -0.05) is 0 Å². The molecular weight excluding hydrogens is 357 g/mol. The van der Waals surface area contributed by atoms with Crippen molar-refractivity contribution in [1.82, 2.24) is 10.6 Å². The molecule has 11 heteroatoms. The van der Waals surface area contributed by atoms with E-state index < -0.39 is 50.3 Å². The summed E-state index contributed by atoms with van der Waals surface area (Å²) in [5.74, 6) is -3.22. The SMILES string of the molecule is C[C@@H](OC(=O)c1cc(S(N)(=O)=O)ccc1F)C(=O)NC(=O)NC1CC1. The quantitative estimate of drug-likeness (QED) is 0.620. The standard InChI is InChI=1S/C14H16FN3O6S/c1-7(12(19)18-14(21)17-8-2-3-8)24-13(20)10-6-9(25(16,22)23)4-5-11(10)15/h4-8H,2-3H2,1H3,(H2,16,22,23)(H2,17,18,19,21)/t7-/m1/s1. The summed E-state index contributed by atoms with van der Waals surface area (Å²) in [6, 6.07) is 1.64. The summed E-state index contributed by atoms with van der Waals surface area (Å²) in [5.41, 5.74) is -0.700. The summed E-state index contributed by atoms with van der Waals surface area (Å²) in [5, 5.41) is 9.40. The van der Waals surface area contributed by atoms with Crippen molar-refractivity contribution in [1.29, 1.82) is 0 Å². The van der Waals surface area contributed by atoms with Gasteiger partial charge in [-0.15, -0.1) is 0 Å². The lowest BCUT2D eigenvalue weighted by atomic mass is 10.2. The van der Waals surface area contributed by atoms with Crippen LogP contribution in [-0.2, 0) is 19.6 Å². The van der Waals surface area contributed by atoms with Gasteiger partial charge in [0.15, 0.2) is 6.10 Å². The van der Waals surface area contributed by atoms with Gasteiger partial charge in [-0.3, -0.25) is 10.1 Å². The van der Waals surface area contributed by atoms with Crippen LogP contribution in [0.2, 0.25) is 0 Å². The summed E-state index contributed by atoms with van der Waals surface area (Å²) in [6.07, 6.45) is 0.243. The molecular formula is C14H16FN3O6S. The molecule has 0 heterocycles. The summed E-state index contributed by atoms with van der Waals surface area (Å²) in [7, 11) is -4.15. The largest absolute Gasteiger partial charge is 0.449 e. The van der Waals surface area contributed by atoms with E-state index in [9.17, 15) is 27.2 Å². The van der Waals surface area contributed by atoms with Crippen LogP contribution in [0.3, 0.4) is 0 Å². The molecule has 0 aromatic heterocycles. The van der Waals surface area contributed by atoms with Crippen molar-refractivity contribution in [2.24, 2.45) is 5.14 Å². The number of hydrogen-bond acceptors (Lipinski definition) is 6. The van der Waals surface area contributed by atoms with E-state index in [1.807, 2.05) is 5.32 Å². The number of ether oxygens (including phenoxy) is 1. The number of halogens is 1. The van der Waals surface area contributed by atoms with Crippen molar-refractivity contribution < 1.29 is 31.9 Å². The third-order valence-corrected chi connectivity index (χ3v) is 4.20. The average molecular weight is 373 g/mol. The molecule has 1 fully saturated rings. The molecule has 1 aliphatic carbocycles. The van der Waals surface area contributed by atoms with Crippen molar-refractivity contribution in [3.63, 3.8) is 0 Å². The second kappa shape index (κ2) is 7.15. The molecule has 0 spiro atoms. The smallest absolute Gasteiger partial charge is 0.341 e. The lowest BCUT2D eigenvalue weighted by Gasteiger charge is -2.14. The molecule has 1 aliphatic rings. The van der Waals surface area contributed by atoms with Crippen molar-refractivity contribution >= 4 is 27.9 Å². The Kier molecular flexibility index (Phi) is 5.38. The Balaban J connectivity index is 2.02. The topological polar surface area (TPSA) is 145 Å². The fourth-order valence-corrected chi connectivity index (χ4v) is 2.32. The first kappa shape index (κ1) is 18.8. The zero-order valence-electron chi connectivity index (χ0n) is 13.1. The molecule has 1 atom stereocenters. The summed E-state index contributed by atoms with van der Waals surface area (Å²) >= 11 is 0. The fourth-order valence-electron chi connectivity index (χ4n) is 1.78. The van der Waals surface area contributed by atoms with Gasteiger partial charge in [-0.2, -0.15) is 0 Å². The molecule has 2 rings (SSSR count). The summed E-state index contributed by atoms with van der Waals surface area (Å²) in [6.45, 7) is 1.18. The lowest BCUT2D eigenvalue weighted by Crippen LogP contribution is -2.45. The Hall–Kier alpha value is -2.53. The first-order valence-electron chi connectivity index (χ1n) is 7.22. The Morgan fingerprint density at radius 2 is 1.96 bits per heavy atom. The van der Waals surface area contributed by atoms with Gasteiger partial charge in [0.2, 0.25) is 10.0 Å². The average Bonchev–Trinajstić information content (AvgIpc) is 3.29. The van der Waals surface area contributed by atoms with Gasteiger partial charge < -0.3 is 10.1 Å². The number of carbonyl (C=O) groups is 3. The zero-order valence-corrected chi connectivity index (χ0v) is 13.9. The maximum absolute atomic E-state index is 13.7. The van der Waals surface area contributed by atoms with E-state index in [1.54, 1.807) is 0 Å². The predicted octanol–water partition coefficient (Wildman–Crippen LogP) is 0.00660. The molecule has 0 radical (unpaired) electrons. The van der Waals surface area contributed by atoms with Crippen molar-refractivity contribution in [3.8, 4) is 0 Å². The van der Waals surface area contributed by atoms with Gasteiger partial charge in [-0.05, 0) is 38.0 Å². The molecule has 0 aliphatic heterocycles. The molecule has 136 valence electrons. The molecule has 9 nitrogen and oxygen atoms in total. The molecule has 4 N–H and O–H groups in total. The van der Waals surface area contributed by atoms with E-state index >= 15 is 0 Å². The van der Waals surface area contributed by atoms with Crippen LogP contribution in [0.5, 0.6) is 0 Å². The number of carbonyl (C=O) groups excluding carboxylic acids is 3. The Morgan fingerprint density at radius 1 is 1.32 bits per heavy atom. The van der Waals surface area contributed by atoms with E-state index in [4.69, 9.17) is 9.88 Å². The van der Waals surface area contributed by atoms with Gasteiger partial charge in [0.05, 0.1) is 10.5 Å². The van der Waals surface area contributed by atoms with Crippen molar-refractivity contribution in [2.75, 3.05) is 0 Å². The number of rotatable bonds is 5. The Morgan fingerprint density at radius 3 is 2.52 bits per heavy atom. The Labute approximate surface area is 142 Å². The van der Waals surface area contributed by atoms with Crippen LogP contribution in [0.4, 0.5) is 9.18 Å². The molecule has 1 saturated carbocycles. The van der Waals surface area contributed by atoms with Crippen LogP contribution in [0.25, 0.3) is 0 Å². The van der Waals surface area contributed by atoms with Gasteiger partial charge in [0.1, 0.15) is 5.82 Å². The first-order chi connectivity index (χ1) is 11.6. The zero-order chi connectivity index (χ0) is 18.8. The molecule has 1 aromatic rings.